The monoisotopic (exact) mass is 265 g/mol. The number of anilines is 1. The van der Waals surface area contributed by atoms with Crippen molar-refractivity contribution in [2.75, 3.05) is 11.9 Å². The normalized spacial score (nSPS) is 10.2. The molecular formula is C9H10BrClFN. The molecule has 0 saturated carbocycles. The Balaban J connectivity index is 2.92. The maximum Gasteiger partial charge on any atom is 0.125 e. The van der Waals surface area contributed by atoms with Crippen LogP contribution in [-0.2, 0) is 0 Å². The molecule has 0 heterocycles. The predicted octanol–water partition coefficient (Wildman–Crippen LogP) is 4.06. The van der Waals surface area contributed by atoms with E-state index in [4.69, 9.17) is 11.6 Å². The summed E-state index contributed by atoms with van der Waals surface area (Å²) >= 11 is 9.08. The highest BCUT2D eigenvalue weighted by Gasteiger charge is 2.06. The van der Waals surface area contributed by atoms with Gasteiger partial charge in [0.05, 0.1) is 10.7 Å². The first kappa shape index (κ1) is 10.8. The lowest BCUT2D eigenvalue weighted by Gasteiger charge is -2.09. The van der Waals surface area contributed by atoms with Gasteiger partial charge in [-0.25, -0.2) is 4.39 Å². The molecule has 0 aliphatic carbocycles. The van der Waals surface area contributed by atoms with Gasteiger partial charge >= 0.3 is 0 Å². The van der Waals surface area contributed by atoms with Gasteiger partial charge in [0.15, 0.2) is 0 Å². The van der Waals surface area contributed by atoms with E-state index in [0.29, 0.717) is 9.50 Å². The summed E-state index contributed by atoms with van der Waals surface area (Å²) in [5.74, 6) is -0.334. The lowest BCUT2D eigenvalue weighted by Crippen LogP contribution is -2.01. The van der Waals surface area contributed by atoms with Crippen LogP contribution in [0.15, 0.2) is 16.6 Å². The van der Waals surface area contributed by atoms with Gasteiger partial charge in [-0.3, -0.25) is 0 Å². The maximum absolute atomic E-state index is 12.8. The standard InChI is InChI=1S/C9H10BrClFN/c1-2-3-13-9-7(10)4-6(12)5-8(9)11/h4-5,13H,2-3H2,1H3. The van der Waals surface area contributed by atoms with Crippen LogP contribution in [-0.4, -0.2) is 6.54 Å². The summed E-state index contributed by atoms with van der Waals surface area (Å²) in [7, 11) is 0. The van der Waals surface area contributed by atoms with Crippen LogP contribution in [0.25, 0.3) is 0 Å². The minimum absolute atomic E-state index is 0.334. The molecule has 1 aromatic rings. The summed E-state index contributed by atoms with van der Waals surface area (Å²) in [5.41, 5.74) is 0.755. The predicted molar refractivity (Wildman–Crippen MR) is 57.9 cm³/mol. The minimum Gasteiger partial charge on any atom is -0.383 e. The first-order valence-corrected chi connectivity index (χ1v) is 5.20. The second-order valence-corrected chi connectivity index (χ2v) is 3.93. The molecule has 0 aliphatic heterocycles. The van der Waals surface area contributed by atoms with Gasteiger partial charge in [0, 0.05) is 11.0 Å². The largest absolute Gasteiger partial charge is 0.383 e. The summed E-state index contributed by atoms with van der Waals surface area (Å²) in [5, 5.41) is 3.52. The summed E-state index contributed by atoms with van der Waals surface area (Å²) in [6.07, 6.45) is 1.00. The molecule has 1 rings (SSSR count). The van der Waals surface area contributed by atoms with Gasteiger partial charge in [0.1, 0.15) is 5.82 Å². The van der Waals surface area contributed by atoms with Crippen LogP contribution in [0.5, 0.6) is 0 Å². The molecule has 0 amide bonds. The fourth-order valence-corrected chi connectivity index (χ4v) is 1.92. The van der Waals surface area contributed by atoms with Crippen LogP contribution in [0.3, 0.4) is 0 Å². The van der Waals surface area contributed by atoms with E-state index in [1.54, 1.807) is 0 Å². The van der Waals surface area contributed by atoms with Crippen LogP contribution in [0, 0.1) is 5.82 Å². The van der Waals surface area contributed by atoms with Crippen molar-refractivity contribution in [2.24, 2.45) is 0 Å². The fourth-order valence-electron chi connectivity index (χ4n) is 0.961. The average Bonchev–Trinajstić information content (AvgIpc) is 2.02. The third-order valence-corrected chi connectivity index (χ3v) is 2.48. The number of nitrogens with one attached hydrogen (secondary N) is 1. The van der Waals surface area contributed by atoms with Gasteiger partial charge in [0.2, 0.25) is 0 Å². The molecule has 1 aromatic carbocycles. The van der Waals surface area contributed by atoms with Crippen LogP contribution in [0.1, 0.15) is 13.3 Å². The molecule has 4 heteroatoms. The van der Waals surface area contributed by atoms with E-state index in [-0.39, 0.29) is 5.82 Å². The second-order valence-electron chi connectivity index (χ2n) is 2.67. The zero-order valence-corrected chi connectivity index (χ0v) is 9.54. The summed E-state index contributed by atoms with van der Waals surface area (Å²) < 4.78 is 13.4. The second kappa shape index (κ2) is 4.82. The minimum atomic E-state index is -0.334. The molecule has 0 aromatic heterocycles. The summed E-state index contributed by atoms with van der Waals surface area (Å²) in [6.45, 7) is 2.88. The van der Waals surface area contributed by atoms with E-state index in [9.17, 15) is 4.39 Å². The smallest absolute Gasteiger partial charge is 0.125 e. The molecule has 0 aliphatic rings. The van der Waals surface area contributed by atoms with Crippen LogP contribution in [0.4, 0.5) is 10.1 Å². The highest BCUT2D eigenvalue weighted by molar-refractivity contribution is 9.10. The third-order valence-electron chi connectivity index (χ3n) is 1.56. The van der Waals surface area contributed by atoms with Gasteiger partial charge in [-0.15, -0.1) is 0 Å². The molecule has 0 unspecified atom stereocenters. The molecule has 0 fully saturated rings. The number of rotatable bonds is 3. The number of hydrogen-bond acceptors (Lipinski definition) is 1. The molecule has 1 N–H and O–H groups in total. The van der Waals surface area contributed by atoms with Crippen molar-refractivity contribution in [2.45, 2.75) is 13.3 Å². The van der Waals surface area contributed by atoms with Crippen LogP contribution >= 0.6 is 27.5 Å². The Morgan fingerprint density at radius 2 is 2.23 bits per heavy atom. The highest BCUT2D eigenvalue weighted by Crippen LogP contribution is 2.31. The van der Waals surface area contributed by atoms with Crippen molar-refractivity contribution >= 4 is 33.2 Å². The van der Waals surface area contributed by atoms with Gasteiger partial charge in [0.25, 0.3) is 0 Å². The Labute approximate surface area is 90.4 Å². The molecule has 0 saturated heterocycles. The number of hydrogen-bond donors (Lipinski definition) is 1. The SMILES string of the molecule is CCCNc1c(Cl)cc(F)cc1Br. The van der Waals surface area contributed by atoms with Crippen molar-refractivity contribution in [3.05, 3.63) is 27.4 Å². The summed E-state index contributed by atoms with van der Waals surface area (Å²) in [4.78, 5) is 0. The van der Waals surface area contributed by atoms with Crippen LogP contribution < -0.4 is 5.32 Å². The first-order valence-electron chi connectivity index (χ1n) is 4.03. The molecule has 0 bridgehead atoms. The van der Waals surface area contributed by atoms with Crippen molar-refractivity contribution < 1.29 is 4.39 Å². The molecule has 0 atom stereocenters. The Morgan fingerprint density at radius 1 is 1.54 bits per heavy atom. The van der Waals surface area contributed by atoms with Crippen molar-refractivity contribution in [3.8, 4) is 0 Å². The van der Waals surface area contributed by atoms with E-state index >= 15 is 0 Å². The topological polar surface area (TPSA) is 12.0 Å². The molecule has 0 spiro atoms. The Morgan fingerprint density at radius 3 is 2.77 bits per heavy atom. The van der Waals surface area contributed by atoms with Gasteiger partial charge in [-0.1, -0.05) is 18.5 Å². The quantitative estimate of drug-likeness (QED) is 0.870. The Kier molecular flexibility index (Phi) is 4.00. The number of halogens is 3. The Bertz CT molecular complexity index is 281. The third kappa shape index (κ3) is 2.85. The van der Waals surface area contributed by atoms with E-state index in [1.165, 1.54) is 12.1 Å². The van der Waals surface area contributed by atoms with E-state index < -0.39 is 0 Å². The molecule has 0 radical (unpaired) electrons. The zero-order chi connectivity index (χ0) is 9.84. The fraction of sp³-hybridized carbons (Fsp3) is 0.333. The van der Waals surface area contributed by atoms with Gasteiger partial charge < -0.3 is 5.32 Å². The average molecular weight is 267 g/mol. The van der Waals surface area contributed by atoms with E-state index in [0.717, 1.165) is 18.7 Å². The van der Waals surface area contributed by atoms with Crippen molar-refractivity contribution in [3.63, 3.8) is 0 Å². The molecule has 13 heavy (non-hydrogen) atoms. The van der Waals surface area contributed by atoms with E-state index in [2.05, 4.69) is 28.2 Å². The Hall–Kier alpha value is -0.280. The van der Waals surface area contributed by atoms with Crippen molar-refractivity contribution in [1.29, 1.82) is 0 Å². The molecular weight excluding hydrogens is 256 g/mol. The number of benzene rings is 1. The maximum atomic E-state index is 12.8. The first-order chi connectivity index (χ1) is 6.15. The lowest BCUT2D eigenvalue weighted by atomic mass is 10.3. The van der Waals surface area contributed by atoms with Gasteiger partial charge in [-0.05, 0) is 34.5 Å². The van der Waals surface area contributed by atoms with Crippen LogP contribution in [0.2, 0.25) is 5.02 Å². The molecule has 1 nitrogen and oxygen atoms in total. The molecule has 72 valence electrons. The lowest BCUT2D eigenvalue weighted by molar-refractivity contribution is 0.627. The highest BCUT2D eigenvalue weighted by atomic mass is 79.9. The van der Waals surface area contributed by atoms with E-state index in [1.807, 2.05) is 0 Å². The van der Waals surface area contributed by atoms with Crippen molar-refractivity contribution in [1.82, 2.24) is 0 Å². The zero-order valence-electron chi connectivity index (χ0n) is 7.20. The van der Waals surface area contributed by atoms with Gasteiger partial charge in [-0.2, -0.15) is 0 Å². The summed E-state index contributed by atoms with van der Waals surface area (Å²) in [6, 6.07) is 2.69.